The summed E-state index contributed by atoms with van der Waals surface area (Å²) in [6.07, 6.45) is 10.6. The number of aromatic nitrogens is 1. The molecule has 0 saturated heterocycles. The van der Waals surface area contributed by atoms with E-state index in [-0.39, 0.29) is 0 Å². The van der Waals surface area contributed by atoms with Crippen molar-refractivity contribution in [3.63, 3.8) is 0 Å². The molecule has 26 heavy (non-hydrogen) atoms. The molecule has 1 aromatic heterocycles. The van der Waals surface area contributed by atoms with Gasteiger partial charge in [0.2, 0.25) is 5.89 Å². The lowest BCUT2D eigenvalue weighted by molar-refractivity contribution is 0.179. The largest absolute Gasteiger partial charge is 0.442 e. The molecule has 1 atom stereocenters. The van der Waals surface area contributed by atoms with E-state index < -0.39 is 6.10 Å². The predicted octanol–water partition coefficient (Wildman–Crippen LogP) is 3.53. The van der Waals surface area contributed by atoms with E-state index in [2.05, 4.69) is 9.88 Å². The quantitative estimate of drug-likeness (QED) is 0.791. The van der Waals surface area contributed by atoms with E-state index >= 15 is 0 Å². The Kier molecular flexibility index (Phi) is 9.39. The second-order valence-electron chi connectivity index (χ2n) is 6.94. The van der Waals surface area contributed by atoms with Gasteiger partial charge in [-0.25, -0.2) is 4.98 Å². The van der Waals surface area contributed by atoms with Gasteiger partial charge in [0, 0.05) is 26.1 Å². The van der Waals surface area contributed by atoms with Crippen molar-refractivity contribution in [3.8, 4) is 0 Å². The fourth-order valence-corrected chi connectivity index (χ4v) is 3.04. The Morgan fingerprint density at radius 1 is 1.08 bits per heavy atom. The lowest BCUT2D eigenvalue weighted by atomic mass is 10.0. The first-order valence-electron chi connectivity index (χ1n) is 9.77. The number of aliphatic hydroxyl groups excluding tert-OH is 1. The maximum atomic E-state index is 10.2. The molecule has 1 heterocycles. The molecule has 0 aliphatic heterocycles. The Balaban J connectivity index is 0.000000342. The van der Waals surface area contributed by atoms with Crippen LogP contribution in [0.4, 0.5) is 0 Å². The van der Waals surface area contributed by atoms with Crippen LogP contribution in [0, 0.1) is 0 Å². The van der Waals surface area contributed by atoms with E-state index in [1.165, 1.54) is 38.5 Å². The van der Waals surface area contributed by atoms with Gasteiger partial charge < -0.3 is 20.2 Å². The molecule has 0 amide bonds. The maximum absolute atomic E-state index is 10.2. The second-order valence-corrected chi connectivity index (χ2v) is 6.94. The molecular formula is C21H33N3O2. The van der Waals surface area contributed by atoms with E-state index in [1.54, 1.807) is 6.20 Å². The van der Waals surface area contributed by atoms with Crippen molar-refractivity contribution >= 4 is 0 Å². The van der Waals surface area contributed by atoms with Crippen molar-refractivity contribution in [2.24, 2.45) is 5.73 Å². The van der Waals surface area contributed by atoms with Gasteiger partial charge in [0.25, 0.3) is 0 Å². The van der Waals surface area contributed by atoms with Crippen molar-refractivity contribution < 1.29 is 9.52 Å². The van der Waals surface area contributed by atoms with Crippen LogP contribution in [-0.4, -0.2) is 41.7 Å². The van der Waals surface area contributed by atoms with Gasteiger partial charge in [0.05, 0.1) is 6.20 Å². The number of nitrogens with two attached hydrogens (primary N) is 1. The Morgan fingerprint density at radius 2 is 1.69 bits per heavy atom. The average Bonchev–Trinajstić information content (AvgIpc) is 3.18. The molecule has 3 N–H and O–H groups in total. The average molecular weight is 360 g/mol. The topological polar surface area (TPSA) is 75.5 Å². The highest BCUT2D eigenvalue weighted by Crippen LogP contribution is 2.21. The van der Waals surface area contributed by atoms with Crippen LogP contribution >= 0.6 is 0 Å². The molecule has 0 spiro atoms. The molecule has 1 fully saturated rings. The van der Waals surface area contributed by atoms with Crippen molar-refractivity contribution in [3.05, 3.63) is 53.7 Å². The SMILES string of the molecule is C1CCCCC1.CN(CCN)CCc1cnc(C(O)c2ccccc2)o1. The number of likely N-dealkylation sites (N-methyl/N-ethyl adjacent to an activating group) is 1. The van der Waals surface area contributed by atoms with Crippen molar-refractivity contribution in [1.82, 2.24) is 9.88 Å². The Labute approximate surface area is 157 Å². The summed E-state index contributed by atoms with van der Waals surface area (Å²) in [7, 11) is 2.02. The Hall–Kier alpha value is -1.69. The van der Waals surface area contributed by atoms with Crippen LogP contribution in [0.1, 0.15) is 61.8 Å². The highest BCUT2D eigenvalue weighted by Gasteiger charge is 2.16. The summed E-state index contributed by atoms with van der Waals surface area (Å²) in [5.41, 5.74) is 6.27. The van der Waals surface area contributed by atoms with Crippen molar-refractivity contribution in [2.75, 3.05) is 26.7 Å². The predicted molar refractivity (Wildman–Crippen MR) is 105 cm³/mol. The summed E-state index contributed by atoms with van der Waals surface area (Å²) in [4.78, 5) is 6.29. The minimum absolute atomic E-state index is 0.340. The standard InChI is InChI=1S/C15H21N3O2.C6H12/c1-18(10-8-16)9-7-13-11-17-15(20-13)14(19)12-5-3-2-4-6-12;1-2-4-6-5-3-1/h2-6,11,14,19H,7-10,16H2,1H3;1-6H2. The molecule has 1 unspecified atom stereocenters. The highest BCUT2D eigenvalue weighted by molar-refractivity contribution is 5.21. The van der Waals surface area contributed by atoms with E-state index in [9.17, 15) is 5.11 Å². The van der Waals surface area contributed by atoms with Gasteiger partial charge in [-0.15, -0.1) is 0 Å². The summed E-state index contributed by atoms with van der Waals surface area (Å²) in [6.45, 7) is 2.35. The van der Waals surface area contributed by atoms with Crippen LogP contribution in [0.2, 0.25) is 0 Å². The van der Waals surface area contributed by atoms with Crippen LogP contribution in [-0.2, 0) is 6.42 Å². The van der Waals surface area contributed by atoms with E-state index in [0.717, 1.165) is 30.8 Å². The summed E-state index contributed by atoms with van der Waals surface area (Å²) in [5, 5.41) is 10.2. The van der Waals surface area contributed by atoms with Crippen molar-refractivity contribution in [2.45, 2.75) is 51.0 Å². The number of hydrogen-bond donors (Lipinski definition) is 2. The van der Waals surface area contributed by atoms with Crippen LogP contribution < -0.4 is 5.73 Å². The van der Waals surface area contributed by atoms with Gasteiger partial charge in [-0.05, 0) is 12.6 Å². The normalized spacial score (nSPS) is 15.4. The molecule has 0 bridgehead atoms. The molecule has 1 aliphatic carbocycles. The fourth-order valence-electron chi connectivity index (χ4n) is 3.04. The molecule has 1 aromatic carbocycles. The molecule has 144 valence electrons. The second kappa shape index (κ2) is 11.8. The van der Waals surface area contributed by atoms with Crippen LogP contribution in [0.25, 0.3) is 0 Å². The third-order valence-electron chi connectivity index (χ3n) is 4.67. The zero-order chi connectivity index (χ0) is 18.6. The first-order valence-corrected chi connectivity index (χ1v) is 9.77. The summed E-state index contributed by atoms with van der Waals surface area (Å²) in [6, 6.07) is 9.37. The summed E-state index contributed by atoms with van der Waals surface area (Å²) in [5.74, 6) is 1.12. The van der Waals surface area contributed by atoms with Gasteiger partial charge in [-0.1, -0.05) is 68.9 Å². The van der Waals surface area contributed by atoms with Gasteiger partial charge in [0.1, 0.15) is 5.76 Å². The van der Waals surface area contributed by atoms with Gasteiger partial charge in [0.15, 0.2) is 6.10 Å². The Bertz CT molecular complexity index is 585. The summed E-state index contributed by atoms with van der Waals surface area (Å²) < 4.78 is 5.61. The minimum atomic E-state index is -0.813. The lowest BCUT2D eigenvalue weighted by Gasteiger charge is -2.13. The number of aliphatic hydroxyl groups is 1. The Morgan fingerprint density at radius 3 is 2.27 bits per heavy atom. The molecule has 5 nitrogen and oxygen atoms in total. The number of oxazole rings is 1. The lowest BCUT2D eigenvalue weighted by Crippen LogP contribution is -2.27. The molecule has 1 saturated carbocycles. The molecule has 0 radical (unpaired) electrons. The van der Waals surface area contributed by atoms with Crippen molar-refractivity contribution in [1.29, 1.82) is 0 Å². The number of hydrogen-bond acceptors (Lipinski definition) is 5. The van der Waals surface area contributed by atoms with E-state index in [4.69, 9.17) is 10.2 Å². The van der Waals surface area contributed by atoms with E-state index in [0.29, 0.717) is 12.4 Å². The first kappa shape index (κ1) is 20.6. The molecule has 1 aliphatic rings. The van der Waals surface area contributed by atoms with Crippen LogP contribution in [0.3, 0.4) is 0 Å². The highest BCUT2D eigenvalue weighted by atomic mass is 16.4. The monoisotopic (exact) mass is 359 g/mol. The van der Waals surface area contributed by atoms with Gasteiger partial charge >= 0.3 is 0 Å². The third kappa shape index (κ3) is 7.28. The molecule has 2 aromatic rings. The third-order valence-corrected chi connectivity index (χ3v) is 4.67. The zero-order valence-electron chi connectivity index (χ0n) is 15.9. The van der Waals surface area contributed by atoms with E-state index in [1.807, 2.05) is 37.4 Å². The molecule has 5 heteroatoms. The minimum Gasteiger partial charge on any atom is -0.442 e. The molecular weight excluding hydrogens is 326 g/mol. The number of benzene rings is 1. The molecule has 3 rings (SSSR count). The summed E-state index contributed by atoms with van der Waals surface area (Å²) >= 11 is 0. The van der Waals surface area contributed by atoms with Crippen LogP contribution in [0.5, 0.6) is 0 Å². The fraction of sp³-hybridized carbons (Fsp3) is 0.571. The number of nitrogens with zero attached hydrogens (tertiary/aromatic N) is 2. The zero-order valence-corrected chi connectivity index (χ0v) is 15.9. The maximum Gasteiger partial charge on any atom is 0.227 e. The van der Waals surface area contributed by atoms with Crippen LogP contribution in [0.15, 0.2) is 40.9 Å². The van der Waals surface area contributed by atoms with Gasteiger partial charge in [-0.2, -0.15) is 0 Å². The van der Waals surface area contributed by atoms with Gasteiger partial charge in [-0.3, -0.25) is 0 Å². The smallest absolute Gasteiger partial charge is 0.227 e. The number of rotatable bonds is 7. The first-order chi connectivity index (χ1) is 12.7.